The van der Waals surface area contributed by atoms with Gasteiger partial charge in [-0.05, 0) is 23.8 Å². The minimum atomic E-state index is -4.74. The summed E-state index contributed by atoms with van der Waals surface area (Å²) in [6, 6.07) is 15.8. The summed E-state index contributed by atoms with van der Waals surface area (Å²) in [5.41, 5.74) is 1.85. The summed E-state index contributed by atoms with van der Waals surface area (Å²) < 4.78 is 40.4. The molecule has 24 heavy (non-hydrogen) atoms. The average molecular weight is 329 g/mol. The first-order chi connectivity index (χ1) is 11.4. The third kappa shape index (κ3) is 4.52. The van der Waals surface area contributed by atoms with E-state index in [1.807, 2.05) is 0 Å². The van der Waals surface area contributed by atoms with Gasteiger partial charge >= 0.3 is 6.36 Å². The van der Waals surface area contributed by atoms with E-state index in [9.17, 15) is 13.2 Å². The molecule has 0 aliphatic rings. The van der Waals surface area contributed by atoms with E-state index in [0.29, 0.717) is 16.8 Å². The fourth-order valence-electron chi connectivity index (χ4n) is 1.94. The van der Waals surface area contributed by atoms with Gasteiger partial charge in [0.25, 0.3) is 0 Å². The lowest BCUT2D eigenvalue weighted by atomic mass is 10.0. The Morgan fingerprint density at radius 2 is 1.62 bits per heavy atom. The molecule has 0 atom stereocenters. The van der Waals surface area contributed by atoms with Crippen molar-refractivity contribution in [1.82, 2.24) is 0 Å². The van der Waals surface area contributed by atoms with Crippen LogP contribution in [0.1, 0.15) is 0 Å². The van der Waals surface area contributed by atoms with Gasteiger partial charge in [0.15, 0.2) is 0 Å². The van der Waals surface area contributed by atoms with E-state index in [-0.39, 0.29) is 11.3 Å². The number of para-hydroxylation sites is 1. The zero-order valence-corrected chi connectivity index (χ0v) is 12.1. The van der Waals surface area contributed by atoms with Crippen molar-refractivity contribution in [1.29, 1.82) is 10.5 Å². The zero-order chi connectivity index (χ0) is 17.6. The monoisotopic (exact) mass is 329 g/mol. The maximum atomic E-state index is 12.2. The largest absolute Gasteiger partial charge is 0.573 e. The molecule has 4 nitrogen and oxygen atoms in total. The molecule has 0 radical (unpaired) electrons. The second-order valence-corrected chi connectivity index (χ2v) is 4.54. The van der Waals surface area contributed by atoms with Crippen LogP contribution in [0.3, 0.4) is 0 Å². The third-order valence-corrected chi connectivity index (χ3v) is 2.94. The van der Waals surface area contributed by atoms with Crippen molar-refractivity contribution < 1.29 is 17.9 Å². The third-order valence-electron chi connectivity index (χ3n) is 2.94. The van der Waals surface area contributed by atoms with Crippen molar-refractivity contribution in [3.8, 4) is 29.0 Å². The fourth-order valence-corrected chi connectivity index (χ4v) is 1.94. The zero-order valence-electron chi connectivity index (χ0n) is 12.1. The highest BCUT2D eigenvalue weighted by atomic mass is 19.4. The van der Waals surface area contributed by atoms with Gasteiger partial charge in [0.2, 0.25) is 0 Å². The van der Waals surface area contributed by atoms with Crippen LogP contribution in [0.25, 0.3) is 11.1 Å². The quantitative estimate of drug-likeness (QED) is 0.833. The lowest BCUT2D eigenvalue weighted by Crippen LogP contribution is -2.16. The van der Waals surface area contributed by atoms with Crippen LogP contribution < -0.4 is 10.1 Å². The van der Waals surface area contributed by atoms with E-state index >= 15 is 0 Å². The Hall–Kier alpha value is -3.45. The van der Waals surface area contributed by atoms with Gasteiger partial charge in [0.1, 0.15) is 23.5 Å². The Bertz CT molecular complexity index is 812. The first-order valence-corrected chi connectivity index (χ1v) is 6.65. The van der Waals surface area contributed by atoms with Crippen LogP contribution in [0, 0.1) is 22.7 Å². The van der Waals surface area contributed by atoms with Crippen LogP contribution in [0.15, 0.2) is 60.3 Å². The summed E-state index contributed by atoms with van der Waals surface area (Å²) in [4.78, 5) is 0. The number of hydrogen-bond donors (Lipinski definition) is 1. The second kappa shape index (κ2) is 7.21. The van der Waals surface area contributed by atoms with Crippen molar-refractivity contribution in [3.63, 3.8) is 0 Å². The topological polar surface area (TPSA) is 68.8 Å². The second-order valence-electron chi connectivity index (χ2n) is 4.54. The van der Waals surface area contributed by atoms with Gasteiger partial charge in [-0.15, -0.1) is 13.2 Å². The first kappa shape index (κ1) is 16.9. The Kier molecular flexibility index (Phi) is 5.08. The molecule has 1 N–H and O–H groups in total. The van der Waals surface area contributed by atoms with Crippen LogP contribution in [-0.4, -0.2) is 6.36 Å². The molecule has 0 spiro atoms. The number of nitrogens with zero attached hydrogens (tertiary/aromatic N) is 2. The molecule has 2 aromatic rings. The molecule has 0 unspecified atom stereocenters. The molecule has 7 heteroatoms. The number of nitrogens with one attached hydrogen (secondary N) is 1. The number of halogens is 3. The van der Waals surface area contributed by atoms with Gasteiger partial charge in [0.05, 0.1) is 0 Å². The number of anilines is 1. The molecule has 0 saturated heterocycles. The molecule has 0 aliphatic carbocycles. The van der Waals surface area contributed by atoms with Crippen molar-refractivity contribution in [3.05, 3.63) is 60.3 Å². The maximum absolute atomic E-state index is 12.2. The van der Waals surface area contributed by atoms with Gasteiger partial charge in [-0.3, -0.25) is 0 Å². The van der Waals surface area contributed by atoms with Gasteiger partial charge < -0.3 is 10.1 Å². The van der Waals surface area contributed by atoms with E-state index in [0.717, 1.165) is 0 Å². The summed E-state index contributed by atoms with van der Waals surface area (Å²) in [7, 11) is 0. The average Bonchev–Trinajstić information content (AvgIpc) is 2.55. The molecule has 0 bridgehead atoms. The molecule has 0 heterocycles. The summed E-state index contributed by atoms with van der Waals surface area (Å²) >= 11 is 0. The summed E-state index contributed by atoms with van der Waals surface area (Å²) in [5.74, 6) is -0.312. The standard InChI is InChI=1S/C17H10F3N3O/c18-17(19,20)24-14-7-5-13(6-8-14)15-3-1-2-4-16(15)23-11-12(9-21)10-22/h1-8,11,23H. The van der Waals surface area contributed by atoms with E-state index in [4.69, 9.17) is 10.5 Å². The van der Waals surface area contributed by atoms with Gasteiger partial charge in [-0.1, -0.05) is 30.3 Å². The van der Waals surface area contributed by atoms with Crippen LogP contribution in [0.5, 0.6) is 5.75 Å². The Balaban J connectivity index is 2.28. The van der Waals surface area contributed by atoms with E-state index in [1.54, 1.807) is 36.4 Å². The predicted molar refractivity (Wildman–Crippen MR) is 81.5 cm³/mol. The number of ether oxygens (including phenoxy) is 1. The number of allylic oxidation sites excluding steroid dienone is 1. The molecular formula is C17H10F3N3O. The van der Waals surface area contributed by atoms with Gasteiger partial charge in [-0.25, -0.2) is 0 Å². The molecule has 0 aliphatic heterocycles. The lowest BCUT2D eigenvalue weighted by Gasteiger charge is -2.11. The fraction of sp³-hybridized carbons (Fsp3) is 0.0588. The molecule has 0 saturated carbocycles. The van der Waals surface area contributed by atoms with Crippen molar-refractivity contribution in [2.75, 3.05) is 5.32 Å². The van der Waals surface area contributed by atoms with Gasteiger partial charge in [0, 0.05) is 17.5 Å². The normalized spacial score (nSPS) is 10.2. The Morgan fingerprint density at radius 3 is 2.21 bits per heavy atom. The first-order valence-electron chi connectivity index (χ1n) is 6.65. The van der Waals surface area contributed by atoms with Crippen LogP contribution in [-0.2, 0) is 0 Å². The minimum absolute atomic E-state index is 0.0984. The number of nitriles is 2. The summed E-state index contributed by atoms with van der Waals surface area (Å²) in [5, 5.41) is 20.3. The number of alkyl halides is 3. The highest BCUT2D eigenvalue weighted by Gasteiger charge is 2.30. The van der Waals surface area contributed by atoms with Crippen molar-refractivity contribution in [2.24, 2.45) is 0 Å². The summed E-state index contributed by atoms with van der Waals surface area (Å²) in [6.45, 7) is 0. The molecular weight excluding hydrogens is 319 g/mol. The molecule has 0 aromatic heterocycles. The Morgan fingerprint density at radius 1 is 1.00 bits per heavy atom. The van der Waals surface area contributed by atoms with Crippen molar-refractivity contribution in [2.45, 2.75) is 6.36 Å². The van der Waals surface area contributed by atoms with E-state index < -0.39 is 6.36 Å². The van der Waals surface area contributed by atoms with Crippen LogP contribution in [0.2, 0.25) is 0 Å². The molecule has 120 valence electrons. The Labute approximate surface area is 136 Å². The van der Waals surface area contributed by atoms with E-state index in [1.165, 1.54) is 30.5 Å². The smallest absolute Gasteiger partial charge is 0.406 e. The minimum Gasteiger partial charge on any atom is -0.406 e. The molecule has 2 aromatic carbocycles. The number of benzene rings is 2. The molecule has 0 fully saturated rings. The highest BCUT2D eigenvalue weighted by molar-refractivity contribution is 5.78. The highest BCUT2D eigenvalue weighted by Crippen LogP contribution is 2.30. The predicted octanol–water partition coefficient (Wildman–Crippen LogP) is 4.60. The maximum Gasteiger partial charge on any atom is 0.573 e. The van der Waals surface area contributed by atoms with Gasteiger partial charge in [-0.2, -0.15) is 10.5 Å². The molecule has 0 amide bonds. The molecule has 2 rings (SSSR count). The lowest BCUT2D eigenvalue weighted by molar-refractivity contribution is -0.274. The number of hydrogen-bond acceptors (Lipinski definition) is 4. The summed E-state index contributed by atoms with van der Waals surface area (Å²) in [6.07, 6.45) is -3.48. The van der Waals surface area contributed by atoms with Crippen LogP contribution in [0.4, 0.5) is 18.9 Å². The van der Waals surface area contributed by atoms with E-state index in [2.05, 4.69) is 10.1 Å². The SMILES string of the molecule is N#CC(C#N)=CNc1ccccc1-c1ccc(OC(F)(F)F)cc1. The van der Waals surface area contributed by atoms with Crippen LogP contribution >= 0.6 is 0 Å². The number of rotatable bonds is 4. The van der Waals surface area contributed by atoms with Crippen molar-refractivity contribution >= 4 is 5.69 Å².